The quantitative estimate of drug-likeness (QED) is 0.803. The molecule has 0 fully saturated rings. The van der Waals surface area contributed by atoms with Gasteiger partial charge in [0.05, 0.1) is 0 Å². The number of hydrogen-bond donors (Lipinski definition) is 1. The summed E-state index contributed by atoms with van der Waals surface area (Å²) in [7, 11) is 0. The van der Waals surface area contributed by atoms with Crippen LogP contribution in [0.2, 0.25) is 0 Å². The smallest absolute Gasteiger partial charge is 0.231 e. The summed E-state index contributed by atoms with van der Waals surface area (Å²) in [5.74, 6) is 1.29. The molecular formula is C10H12FNO2. The van der Waals surface area contributed by atoms with E-state index in [1.165, 1.54) is 0 Å². The number of halogens is 1. The Balaban J connectivity index is 2.19. The number of benzene rings is 1. The highest BCUT2D eigenvalue weighted by Gasteiger charge is 2.16. The third-order valence-corrected chi connectivity index (χ3v) is 2.18. The normalized spacial score (nSPS) is 15.6. The fourth-order valence-corrected chi connectivity index (χ4v) is 1.42. The Bertz CT molecular complexity index is 330. The van der Waals surface area contributed by atoms with Crippen molar-refractivity contribution in [1.82, 2.24) is 0 Å². The lowest BCUT2D eigenvalue weighted by Gasteiger charge is -2.07. The van der Waals surface area contributed by atoms with Crippen LogP contribution in [0, 0.1) is 0 Å². The molecule has 1 heterocycles. The maximum atomic E-state index is 13.4. The van der Waals surface area contributed by atoms with Crippen molar-refractivity contribution >= 4 is 0 Å². The molecule has 2 N–H and O–H groups in total. The average molecular weight is 197 g/mol. The predicted molar refractivity (Wildman–Crippen MR) is 50.1 cm³/mol. The molecule has 1 aliphatic rings. The highest BCUT2D eigenvalue weighted by atomic mass is 19.1. The largest absolute Gasteiger partial charge is 0.454 e. The van der Waals surface area contributed by atoms with E-state index in [1.807, 2.05) is 0 Å². The number of nitrogens with two attached hydrogens (primary N) is 1. The minimum atomic E-state index is -1.02. The minimum absolute atomic E-state index is 0.215. The second kappa shape index (κ2) is 3.84. The van der Waals surface area contributed by atoms with Crippen molar-refractivity contribution in [3.8, 4) is 11.5 Å². The topological polar surface area (TPSA) is 44.5 Å². The van der Waals surface area contributed by atoms with Gasteiger partial charge in [0.15, 0.2) is 11.5 Å². The lowest BCUT2D eigenvalue weighted by atomic mass is 10.1. The first-order chi connectivity index (χ1) is 6.81. The highest BCUT2D eigenvalue weighted by molar-refractivity contribution is 5.45. The summed E-state index contributed by atoms with van der Waals surface area (Å²) < 4.78 is 23.7. The van der Waals surface area contributed by atoms with E-state index in [4.69, 9.17) is 15.2 Å². The lowest BCUT2D eigenvalue weighted by Crippen LogP contribution is -2.03. The first-order valence-electron chi connectivity index (χ1n) is 4.55. The standard InChI is InChI=1S/C10H12FNO2/c11-8(3-4-12)7-1-2-9-10(5-7)14-6-13-9/h1-2,5,8H,3-4,6,12H2. The van der Waals surface area contributed by atoms with Crippen molar-refractivity contribution in [3.63, 3.8) is 0 Å². The van der Waals surface area contributed by atoms with Crippen LogP contribution in [0.3, 0.4) is 0 Å². The molecule has 1 aromatic rings. The number of rotatable bonds is 3. The van der Waals surface area contributed by atoms with Crippen LogP contribution in [0.1, 0.15) is 18.2 Å². The summed E-state index contributed by atoms with van der Waals surface area (Å²) >= 11 is 0. The molecule has 2 rings (SSSR count). The second-order valence-corrected chi connectivity index (χ2v) is 3.16. The van der Waals surface area contributed by atoms with Crippen LogP contribution in [0.25, 0.3) is 0 Å². The summed E-state index contributed by atoms with van der Waals surface area (Å²) in [4.78, 5) is 0. The SMILES string of the molecule is NCCC(F)c1ccc2c(c1)OCO2. The van der Waals surface area contributed by atoms with Gasteiger partial charge in [0.25, 0.3) is 0 Å². The summed E-state index contributed by atoms with van der Waals surface area (Å²) in [5, 5.41) is 0. The van der Waals surface area contributed by atoms with Crippen LogP contribution in [-0.4, -0.2) is 13.3 Å². The van der Waals surface area contributed by atoms with E-state index in [0.717, 1.165) is 0 Å². The minimum Gasteiger partial charge on any atom is -0.454 e. The van der Waals surface area contributed by atoms with Crippen LogP contribution in [-0.2, 0) is 0 Å². The van der Waals surface area contributed by atoms with Crippen LogP contribution in [0.4, 0.5) is 4.39 Å². The fraction of sp³-hybridized carbons (Fsp3) is 0.400. The van der Waals surface area contributed by atoms with Crippen LogP contribution in [0.5, 0.6) is 11.5 Å². The predicted octanol–water partition coefficient (Wildman–Crippen LogP) is 1.77. The van der Waals surface area contributed by atoms with E-state index in [0.29, 0.717) is 30.0 Å². The molecule has 0 spiro atoms. The number of hydrogen-bond acceptors (Lipinski definition) is 3. The Kier molecular flexibility index (Phi) is 2.54. The zero-order chi connectivity index (χ0) is 9.97. The van der Waals surface area contributed by atoms with Crippen LogP contribution >= 0.6 is 0 Å². The highest BCUT2D eigenvalue weighted by Crippen LogP contribution is 2.35. The molecular weight excluding hydrogens is 185 g/mol. The average Bonchev–Trinajstić information content (AvgIpc) is 2.64. The molecule has 1 unspecified atom stereocenters. The maximum absolute atomic E-state index is 13.4. The monoisotopic (exact) mass is 197 g/mol. The van der Waals surface area contributed by atoms with E-state index in [-0.39, 0.29) is 6.79 Å². The van der Waals surface area contributed by atoms with Gasteiger partial charge in [-0.05, 0) is 30.7 Å². The first kappa shape index (κ1) is 9.27. The zero-order valence-corrected chi connectivity index (χ0v) is 7.70. The molecule has 1 atom stereocenters. The second-order valence-electron chi connectivity index (χ2n) is 3.16. The Morgan fingerprint density at radius 1 is 1.36 bits per heavy atom. The number of ether oxygens (including phenoxy) is 2. The molecule has 0 radical (unpaired) electrons. The molecule has 76 valence electrons. The van der Waals surface area contributed by atoms with Gasteiger partial charge in [-0.15, -0.1) is 0 Å². The van der Waals surface area contributed by atoms with Gasteiger partial charge in [0.2, 0.25) is 6.79 Å². The van der Waals surface area contributed by atoms with Crippen LogP contribution in [0.15, 0.2) is 18.2 Å². The molecule has 14 heavy (non-hydrogen) atoms. The van der Waals surface area contributed by atoms with Gasteiger partial charge in [-0.25, -0.2) is 4.39 Å². The van der Waals surface area contributed by atoms with Gasteiger partial charge >= 0.3 is 0 Å². The third-order valence-electron chi connectivity index (χ3n) is 2.18. The first-order valence-corrected chi connectivity index (χ1v) is 4.55. The van der Waals surface area contributed by atoms with Crippen molar-refractivity contribution in [2.75, 3.05) is 13.3 Å². The van der Waals surface area contributed by atoms with Crippen LogP contribution < -0.4 is 15.2 Å². The van der Waals surface area contributed by atoms with Gasteiger partial charge in [0, 0.05) is 0 Å². The van der Waals surface area contributed by atoms with Crippen molar-refractivity contribution in [1.29, 1.82) is 0 Å². The molecule has 0 saturated heterocycles. The molecule has 0 bridgehead atoms. The molecule has 0 amide bonds. The molecule has 4 heteroatoms. The van der Waals surface area contributed by atoms with Gasteiger partial charge in [-0.2, -0.15) is 0 Å². The lowest BCUT2D eigenvalue weighted by molar-refractivity contribution is 0.174. The third kappa shape index (κ3) is 1.65. The van der Waals surface area contributed by atoms with Gasteiger partial charge in [-0.3, -0.25) is 0 Å². The fourth-order valence-electron chi connectivity index (χ4n) is 1.42. The summed E-state index contributed by atoms with van der Waals surface area (Å²) in [6.07, 6.45) is -0.686. The Morgan fingerprint density at radius 2 is 2.14 bits per heavy atom. The molecule has 1 aromatic carbocycles. The van der Waals surface area contributed by atoms with E-state index >= 15 is 0 Å². The van der Waals surface area contributed by atoms with Crippen molar-refractivity contribution < 1.29 is 13.9 Å². The van der Waals surface area contributed by atoms with Gasteiger partial charge in [0.1, 0.15) is 6.17 Å². The van der Waals surface area contributed by atoms with Gasteiger partial charge < -0.3 is 15.2 Å². The maximum Gasteiger partial charge on any atom is 0.231 e. The van der Waals surface area contributed by atoms with Crippen molar-refractivity contribution in [3.05, 3.63) is 23.8 Å². The molecule has 3 nitrogen and oxygen atoms in total. The van der Waals surface area contributed by atoms with E-state index in [1.54, 1.807) is 18.2 Å². The number of alkyl halides is 1. The Hall–Kier alpha value is -1.29. The summed E-state index contributed by atoms with van der Waals surface area (Å²) in [6.45, 7) is 0.558. The summed E-state index contributed by atoms with van der Waals surface area (Å²) in [5.41, 5.74) is 5.88. The van der Waals surface area contributed by atoms with E-state index < -0.39 is 6.17 Å². The van der Waals surface area contributed by atoms with Crippen molar-refractivity contribution in [2.24, 2.45) is 5.73 Å². The number of fused-ring (bicyclic) bond motifs is 1. The molecule has 0 aliphatic carbocycles. The molecule has 0 saturated carbocycles. The zero-order valence-electron chi connectivity index (χ0n) is 7.70. The molecule has 1 aliphatic heterocycles. The van der Waals surface area contributed by atoms with Gasteiger partial charge in [-0.1, -0.05) is 6.07 Å². The molecule has 0 aromatic heterocycles. The Morgan fingerprint density at radius 3 is 2.93 bits per heavy atom. The summed E-state index contributed by atoms with van der Waals surface area (Å²) in [6, 6.07) is 5.09. The van der Waals surface area contributed by atoms with E-state index in [2.05, 4.69) is 0 Å². The Labute approximate surface area is 81.6 Å². The van der Waals surface area contributed by atoms with Crippen molar-refractivity contribution in [2.45, 2.75) is 12.6 Å². The van der Waals surface area contributed by atoms with E-state index in [9.17, 15) is 4.39 Å².